The smallest absolute Gasteiger partial charge is 0.298 e. The van der Waals surface area contributed by atoms with Crippen molar-refractivity contribution in [2.24, 2.45) is 14.1 Å². The van der Waals surface area contributed by atoms with Gasteiger partial charge in [-0.3, -0.25) is 62.5 Å². The zero-order valence-corrected chi connectivity index (χ0v) is 78.5. The molecule has 0 spiro atoms. The standard InChI is InChI=1S/C26H32F2N6O4.C24H25F2N5O4.C24H30FN3O4.C22H21FN4O3/c1-14-12-17(8-9-18(14)28)29-23(36)20-15(2)21(34(11-10-27)16(20)3)22(35)24(37)31-26(4,5)25-30-19(32-38-25)13-33(6)7;1-12-11-16(5-6-17(12)26)28-21(33)18-13(2)19(31(10-9-25)14(18)3)20(32)22(34)29-24(7-8-24)23-27-15(4)30-35-23;1-13-12-17(6-7-18(13)25)27-22(30)19-14(2)20(28(5)15(19)3)21(29)23(31)26-16-8-10-24(4,32)11-9-16;1-12-10-15(7-8-17(12)23)25-21(29)18-13(2)19(27(4)14(18)3)20(28)22(30)26-16-6-5-9-24-11-16/h8-9,12H,10-11,13H2,1-7H3,(H,29,36)(H,31,37);5-6,11H,7-10H2,1-4H3,(H,28,33)(H,29,34);6-7,12,16,32H,8-11H2,1-5H3,(H,26,31)(H,27,30);5-11H,1-4H3,(H,25,29)(H,26,30). The van der Waals surface area contributed by atoms with Crippen LogP contribution in [0.2, 0.25) is 0 Å². The second-order valence-corrected chi connectivity index (χ2v) is 34.5. The predicted octanol–water partition coefficient (Wildman–Crippen LogP) is 13.8. The number of hydrogen-bond donors (Lipinski definition) is 9. The zero-order valence-electron chi connectivity index (χ0n) is 78.5. The van der Waals surface area contributed by atoms with Gasteiger partial charge in [-0.2, -0.15) is 9.97 Å². The van der Waals surface area contributed by atoms with Crippen molar-refractivity contribution in [2.45, 2.75) is 192 Å². The highest BCUT2D eigenvalue weighted by atomic mass is 19.1. The second-order valence-electron chi connectivity index (χ2n) is 34.5. The van der Waals surface area contributed by atoms with Crippen LogP contribution in [0.25, 0.3) is 0 Å². The number of ketones is 4. The molecule has 7 heterocycles. The fourth-order valence-corrected chi connectivity index (χ4v) is 15.9. The topological polar surface area (TPSA) is 435 Å². The van der Waals surface area contributed by atoms with Gasteiger partial charge in [0.1, 0.15) is 47.7 Å². The summed E-state index contributed by atoms with van der Waals surface area (Å²) in [6, 6.07) is 19.8. The lowest BCUT2D eigenvalue weighted by Gasteiger charge is -2.33. The normalized spacial score (nSPS) is 14.1. The lowest BCUT2D eigenvalue weighted by Crippen LogP contribution is -2.45. The number of carbonyl (C=O) groups excluding carboxylic acids is 12. The van der Waals surface area contributed by atoms with Crippen LogP contribution in [0.1, 0.15) is 233 Å². The number of amides is 8. The molecule has 0 saturated heterocycles. The van der Waals surface area contributed by atoms with E-state index >= 15 is 0 Å². The Labute approximate surface area is 773 Å². The minimum Gasteiger partial charge on any atom is -0.390 e. The molecule has 0 bridgehead atoms. The third-order valence-electron chi connectivity index (χ3n) is 23.5. The van der Waals surface area contributed by atoms with Crippen LogP contribution in [0, 0.1) is 113 Å². The highest BCUT2D eigenvalue weighted by Gasteiger charge is 2.52. The molecule has 0 atom stereocenters. The van der Waals surface area contributed by atoms with Crippen LogP contribution in [0.3, 0.4) is 0 Å². The Morgan fingerprint density at radius 1 is 0.481 bits per heavy atom. The summed E-state index contributed by atoms with van der Waals surface area (Å²) in [6.45, 7) is 24.1. The number of aliphatic hydroxyl groups is 1. The maximum absolute atomic E-state index is 13.6. The maximum Gasteiger partial charge on any atom is 0.298 e. The van der Waals surface area contributed by atoms with Gasteiger partial charge in [-0.15, -0.1) is 0 Å². The van der Waals surface area contributed by atoms with E-state index in [1.165, 1.54) is 107 Å². The molecule has 0 radical (unpaired) electrons. The first-order chi connectivity index (χ1) is 63.4. The molecule has 8 amide bonds. The molecule has 9 N–H and O–H groups in total. The van der Waals surface area contributed by atoms with Crippen LogP contribution in [0.5, 0.6) is 0 Å². The number of rotatable bonds is 28. The summed E-state index contributed by atoms with van der Waals surface area (Å²) in [5, 5.41) is 39.0. The third-order valence-corrected chi connectivity index (χ3v) is 23.5. The number of pyridine rings is 1. The quantitative estimate of drug-likeness (QED) is 0.0125. The Morgan fingerprint density at radius 2 is 0.867 bits per heavy atom. The highest BCUT2D eigenvalue weighted by Crippen LogP contribution is 2.45. The van der Waals surface area contributed by atoms with Crippen molar-refractivity contribution in [1.29, 1.82) is 0 Å². The summed E-state index contributed by atoms with van der Waals surface area (Å²) in [4.78, 5) is 170. The minimum absolute atomic E-state index is 0.0735. The van der Waals surface area contributed by atoms with E-state index in [9.17, 15) is 89.0 Å². The summed E-state index contributed by atoms with van der Waals surface area (Å²) in [5.74, 6) is -9.19. The number of Topliss-reactive ketones (excluding diaryl/α,β-unsaturated/α-hetero) is 4. The molecule has 0 unspecified atom stereocenters. The van der Waals surface area contributed by atoms with Gasteiger partial charge in [0.05, 0.1) is 82.1 Å². The number of aryl methyl sites for hydroxylation is 5. The number of nitrogens with zero attached hydrogens (tertiary/aromatic N) is 10. The average molecular weight is 1870 g/mol. The molecule has 2 aliphatic carbocycles. The SMILES string of the molecule is Cc1cc(NC(=O)c2c(C)c(C(=O)C(=O)NC(C)(C)c3nc(CN(C)C)no3)n(CCF)c2C)ccc1F.Cc1cc(NC(=O)c2c(C)c(C(=O)C(=O)NC3CCC(C)(O)CC3)n(C)c2C)ccc1F.Cc1cc(NC(=O)c2c(C)c(C(=O)C(=O)Nc3cccnc3)n(C)c2C)ccc1F.Cc1noc(C2(NC(=O)C(=O)c3c(C)c(C(=O)Nc4ccc(F)c(C)c4)c(C)n3CCF)CC2)n1. The van der Waals surface area contributed by atoms with E-state index in [0.29, 0.717) is 147 Å². The van der Waals surface area contributed by atoms with Gasteiger partial charge in [0.2, 0.25) is 0 Å². The van der Waals surface area contributed by atoms with Crippen LogP contribution >= 0.6 is 0 Å². The van der Waals surface area contributed by atoms with E-state index in [2.05, 4.69) is 67.8 Å². The third kappa shape index (κ3) is 23.5. The monoisotopic (exact) mass is 1870 g/mol. The molecule has 11 aromatic rings. The van der Waals surface area contributed by atoms with Gasteiger partial charge in [-0.05, 0) is 293 Å². The number of nitrogens with one attached hydrogen (secondary N) is 8. The first kappa shape index (κ1) is 102. The molecule has 2 fully saturated rings. The van der Waals surface area contributed by atoms with Crippen molar-refractivity contribution in [1.82, 2.24) is 64.4 Å². The summed E-state index contributed by atoms with van der Waals surface area (Å²) >= 11 is 0. The molecule has 135 heavy (non-hydrogen) atoms. The molecule has 0 aliphatic heterocycles. The van der Waals surface area contributed by atoms with Crippen LogP contribution in [-0.4, -0.2) is 163 Å². The summed E-state index contributed by atoms with van der Waals surface area (Å²) in [6.07, 6.45) is 6.35. The van der Waals surface area contributed by atoms with E-state index in [1.807, 2.05) is 19.0 Å². The number of benzene rings is 4. The van der Waals surface area contributed by atoms with Crippen molar-refractivity contribution in [2.75, 3.05) is 54.0 Å². The summed E-state index contributed by atoms with van der Waals surface area (Å²) in [7, 11) is 6.94. The number of carbonyl (C=O) groups is 12. The largest absolute Gasteiger partial charge is 0.390 e. The number of alkyl halides is 2. The molecule has 33 nitrogen and oxygen atoms in total. The van der Waals surface area contributed by atoms with E-state index in [4.69, 9.17) is 9.05 Å². The Morgan fingerprint density at radius 3 is 1.23 bits per heavy atom. The molecule has 13 rings (SSSR count). The molecule has 2 aliphatic rings. The minimum atomic E-state index is -1.19. The molecule has 4 aromatic carbocycles. The van der Waals surface area contributed by atoms with Crippen LogP contribution in [0.15, 0.2) is 106 Å². The fourth-order valence-electron chi connectivity index (χ4n) is 15.9. The number of aromatic nitrogens is 9. The summed E-state index contributed by atoms with van der Waals surface area (Å²) < 4.78 is 97.2. The number of halogens is 6. The van der Waals surface area contributed by atoms with E-state index < -0.39 is 112 Å². The van der Waals surface area contributed by atoms with E-state index in [-0.39, 0.29) is 93.1 Å². The highest BCUT2D eigenvalue weighted by molar-refractivity contribution is 6.47. The lowest BCUT2D eigenvalue weighted by atomic mass is 9.83. The van der Waals surface area contributed by atoms with Gasteiger partial charge < -0.3 is 79.9 Å². The number of anilines is 5. The molecule has 714 valence electrons. The summed E-state index contributed by atoms with van der Waals surface area (Å²) in [5.41, 5.74) is 4.60. The van der Waals surface area contributed by atoms with Crippen LogP contribution in [0.4, 0.5) is 54.8 Å². The first-order valence-electron chi connectivity index (χ1n) is 42.9. The van der Waals surface area contributed by atoms with E-state index in [1.54, 1.807) is 134 Å². The van der Waals surface area contributed by atoms with Crippen LogP contribution in [-0.2, 0) is 64.0 Å². The van der Waals surface area contributed by atoms with Gasteiger partial charge in [0.15, 0.2) is 11.6 Å². The second kappa shape index (κ2) is 42.5. The molecule has 39 heteroatoms. The Hall–Kier alpha value is -14.6. The molecular weight excluding hydrogens is 1760 g/mol. The van der Waals surface area contributed by atoms with Crippen molar-refractivity contribution < 1.29 is 98.0 Å². The lowest BCUT2D eigenvalue weighted by molar-refractivity contribution is -0.119. The van der Waals surface area contributed by atoms with Crippen molar-refractivity contribution in [3.63, 3.8) is 0 Å². The Kier molecular flexibility index (Phi) is 32.3. The Bertz CT molecular complexity index is 6480. The van der Waals surface area contributed by atoms with Gasteiger partial charge in [0, 0.05) is 71.9 Å². The van der Waals surface area contributed by atoms with Crippen LogP contribution < -0.4 is 42.5 Å². The Balaban J connectivity index is 0.000000187. The molecule has 7 aromatic heterocycles. The van der Waals surface area contributed by atoms with Crippen molar-refractivity contribution in [3.05, 3.63) is 256 Å². The average Bonchev–Trinajstić information content (AvgIpc) is 1.60. The van der Waals surface area contributed by atoms with Gasteiger partial charge in [-0.1, -0.05) is 10.3 Å². The zero-order chi connectivity index (χ0) is 99.6. The van der Waals surface area contributed by atoms with Gasteiger partial charge >= 0.3 is 0 Å². The van der Waals surface area contributed by atoms with Gasteiger partial charge in [0.25, 0.3) is 82.2 Å². The maximum atomic E-state index is 13.6. The van der Waals surface area contributed by atoms with Crippen molar-refractivity contribution >= 4 is 98.8 Å². The molecular formula is C96H108F6N18O15. The first-order valence-corrected chi connectivity index (χ1v) is 42.9. The number of hydrogen-bond acceptors (Lipinski definition) is 21. The van der Waals surface area contributed by atoms with E-state index in [0.717, 1.165) is 0 Å². The van der Waals surface area contributed by atoms with Gasteiger partial charge in [-0.25, -0.2) is 26.3 Å². The molecule has 2 saturated carbocycles. The fraction of sp³-hybridized carbons (Fsp3) is 0.365. The predicted molar refractivity (Wildman–Crippen MR) is 488 cm³/mol. The van der Waals surface area contributed by atoms with Crippen molar-refractivity contribution in [3.8, 4) is 0 Å².